The Morgan fingerprint density at radius 1 is 1.20 bits per heavy atom. The van der Waals surface area contributed by atoms with Gasteiger partial charge in [-0.2, -0.15) is 4.98 Å². The van der Waals surface area contributed by atoms with Crippen molar-refractivity contribution in [1.82, 2.24) is 15.1 Å². The first-order valence-electron chi connectivity index (χ1n) is 7.85. The predicted octanol–water partition coefficient (Wildman–Crippen LogP) is 2.79. The van der Waals surface area contributed by atoms with Crippen molar-refractivity contribution in [2.24, 2.45) is 0 Å². The van der Waals surface area contributed by atoms with Crippen LogP contribution in [0.3, 0.4) is 0 Å². The summed E-state index contributed by atoms with van der Waals surface area (Å²) in [5.74, 6) is 2.11. The van der Waals surface area contributed by atoms with Crippen LogP contribution in [0.15, 0.2) is 45.8 Å². The number of nitrogens with zero attached hydrogens (tertiary/aromatic N) is 2. The van der Waals surface area contributed by atoms with Crippen LogP contribution in [0.25, 0.3) is 11.4 Å². The van der Waals surface area contributed by atoms with Crippen LogP contribution in [-0.2, 0) is 6.42 Å². The van der Waals surface area contributed by atoms with Gasteiger partial charge in [0.15, 0.2) is 11.5 Å². The molecule has 25 heavy (non-hydrogen) atoms. The Morgan fingerprint density at radius 3 is 2.72 bits per heavy atom. The fourth-order valence-corrected chi connectivity index (χ4v) is 2.59. The number of benzene rings is 1. The van der Waals surface area contributed by atoms with Crippen molar-refractivity contribution in [2.45, 2.75) is 19.3 Å². The van der Waals surface area contributed by atoms with E-state index >= 15 is 0 Å². The Bertz CT molecular complexity index is 916. The SMILES string of the molecule is COc1ccc(CC(C)c2nc(-c3ccc[nH]c3=O)no2)cc1OC. The highest BCUT2D eigenvalue weighted by atomic mass is 16.5. The molecule has 0 amide bonds. The Labute approximate surface area is 144 Å². The summed E-state index contributed by atoms with van der Waals surface area (Å²) < 4.78 is 15.9. The normalized spacial score (nSPS) is 12.0. The van der Waals surface area contributed by atoms with E-state index in [0.29, 0.717) is 29.4 Å². The molecule has 0 bridgehead atoms. The van der Waals surface area contributed by atoms with Gasteiger partial charge in [-0.1, -0.05) is 18.1 Å². The van der Waals surface area contributed by atoms with Crippen molar-refractivity contribution in [3.8, 4) is 22.9 Å². The fraction of sp³-hybridized carbons (Fsp3) is 0.278. The molecule has 2 aromatic heterocycles. The molecule has 3 aromatic rings. The van der Waals surface area contributed by atoms with Crippen molar-refractivity contribution in [1.29, 1.82) is 0 Å². The first-order chi connectivity index (χ1) is 12.1. The molecule has 1 atom stereocenters. The summed E-state index contributed by atoms with van der Waals surface area (Å²) in [7, 11) is 3.21. The molecule has 7 heteroatoms. The van der Waals surface area contributed by atoms with Crippen molar-refractivity contribution in [2.75, 3.05) is 14.2 Å². The second kappa shape index (κ2) is 7.21. The van der Waals surface area contributed by atoms with Gasteiger partial charge in [0, 0.05) is 12.1 Å². The molecule has 0 radical (unpaired) electrons. The molecule has 0 spiro atoms. The highest BCUT2D eigenvalue weighted by Crippen LogP contribution is 2.30. The zero-order valence-corrected chi connectivity index (χ0v) is 14.3. The van der Waals surface area contributed by atoms with E-state index in [0.717, 1.165) is 5.56 Å². The number of aromatic amines is 1. The number of ether oxygens (including phenoxy) is 2. The molecular weight excluding hydrogens is 322 g/mol. The third-order valence-electron chi connectivity index (χ3n) is 3.91. The summed E-state index contributed by atoms with van der Waals surface area (Å²) in [6, 6.07) is 9.14. The highest BCUT2D eigenvalue weighted by Gasteiger charge is 2.18. The molecule has 0 fully saturated rings. The van der Waals surface area contributed by atoms with Gasteiger partial charge in [-0.15, -0.1) is 0 Å². The van der Waals surface area contributed by atoms with E-state index in [4.69, 9.17) is 14.0 Å². The van der Waals surface area contributed by atoms with Crippen LogP contribution < -0.4 is 15.0 Å². The summed E-state index contributed by atoms with van der Waals surface area (Å²) in [5.41, 5.74) is 1.20. The zero-order chi connectivity index (χ0) is 17.8. The number of aromatic nitrogens is 3. The van der Waals surface area contributed by atoms with Crippen LogP contribution in [0, 0.1) is 0 Å². The summed E-state index contributed by atoms with van der Waals surface area (Å²) >= 11 is 0. The van der Waals surface area contributed by atoms with E-state index in [1.807, 2.05) is 25.1 Å². The van der Waals surface area contributed by atoms with E-state index in [2.05, 4.69) is 15.1 Å². The molecule has 1 aromatic carbocycles. The van der Waals surface area contributed by atoms with Crippen LogP contribution in [0.2, 0.25) is 0 Å². The third kappa shape index (κ3) is 3.55. The van der Waals surface area contributed by atoms with Gasteiger partial charge in [0.25, 0.3) is 5.56 Å². The molecule has 0 aliphatic rings. The van der Waals surface area contributed by atoms with Gasteiger partial charge in [-0.05, 0) is 36.2 Å². The third-order valence-corrected chi connectivity index (χ3v) is 3.91. The van der Waals surface area contributed by atoms with Crippen molar-refractivity contribution in [3.63, 3.8) is 0 Å². The van der Waals surface area contributed by atoms with Crippen LogP contribution in [0.4, 0.5) is 0 Å². The van der Waals surface area contributed by atoms with Gasteiger partial charge >= 0.3 is 0 Å². The lowest BCUT2D eigenvalue weighted by atomic mass is 10.0. The van der Waals surface area contributed by atoms with Crippen LogP contribution >= 0.6 is 0 Å². The molecular formula is C18H19N3O4. The lowest BCUT2D eigenvalue weighted by molar-refractivity contribution is 0.352. The van der Waals surface area contributed by atoms with E-state index in [-0.39, 0.29) is 17.3 Å². The number of hydrogen-bond acceptors (Lipinski definition) is 6. The van der Waals surface area contributed by atoms with Crippen LogP contribution in [0.5, 0.6) is 11.5 Å². The molecule has 1 unspecified atom stereocenters. The molecule has 2 heterocycles. The summed E-state index contributed by atoms with van der Waals surface area (Å²) in [4.78, 5) is 18.8. The maximum absolute atomic E-state index is 11.8. The van der Waals surface area contributed by atoms with Crippen molar-refractivity contribution >= 4 is 0 Å². The molecule has 0 aliphatic heterocycles. The molecule has 130 valence electrons. The minimum atomic E-state index is -0.248. The maximum atomic E-state index is 11.8. The van der Waals surface area contributed by atoms with Gasteiger partial charge in [-0.25, -0.2) is 0 Å². The number of pyridine rings is 1. The van der Waals surface area contributed by atoms with Gasteiger partial charge in [-0.3, -0.25) is 4.79 Å². The molecule has 0 saturated carbocycles. The largest absolute Gasteiger partial charge is 0.493 e. The summed E-state index contributed by atoms with van der Waals surface area (Å²) in [6.45, 7) is 1.99. The molecule has 0 aliphatic carbocycles. The molecule has 7 nitrogen and oxygen atoms in total. The van der Waals surface area contributed by atoms with Crippen LogP contribution in [0.1, 0.15) is 24.3 Å². The lowest BCUT2D eigenvalue weighted by Gasteiger charge is -2.11. The standard InChI is InChI=1S/C18H19N3O4/c1-11(9-12-6-7-14(23-2)15(10-12)24-3)18-20-16(21-25-18)13-5-4-8-19-17(13)22/h4-8,10-11H,9H2,1-3H3,(H,19,22). The predicted molar refractivity (Wildman–Crippen MR) is 92.0 cm³/mol. The minimum Gasteiger partial charge on any atom is -0.493 e. The summed E-state index contributed by atoms with van der Waals surface area (Å²) in [6.07, 6.45) is 2.25. The second-order valence-electron chi connectivity index (χ2n) is 5.66. The average molecular weight is 341 g/mol. The van der Waals surface area contributed by atoms with E-state index in [1.165, 1.54) is 0 Å². The number of methoxy groups -OCH3 is 2. The first kappa shape index (κ1) is 16.8. The lowest BCUT2D eigenvalue weighted by Crippen LogP contribution is -2.08. The topological polar surface area (TPSA) is 90.2 Å². The minimum absolute atomic E-state index is 0.0119. The molecule has 1 N–H and O–H groups in total. The zero-order valence-electron chi connectivity index (χ0n) is 14.3. The van der Waals surface area contributed by atoms with E-state index < -0.39 is 0 Å². The monoisotopic (exact) mass is 341 g/mol. The van der Waals surface area contributed by atoms with Gasteiger partial charge < -0.3 is 19.0 Å². The Morgan fingerprint density at radius 2 is 2.00 bits per heavy atom. The maximum Gasteiger partial charge on any atom is 0.259 e. The Balaban J connectivity index is 1.79. The number of nitrogens with one attached hydrogen (secondary N) is 1. The highest BCUT2D eigenvalue weighted by molar-refractivity contribution is 5.52. The number of rotatable bonds is 6. The number of H-pyrrole nitrogens is 1. The Hall–Kier alpha value is -3.09. The average Bonchev–Trinajstić information content (AvgIpc) is 3.12. The Kier molecular flexibility index (Phi) is 4.83. The van der Waals surface area contributed by atoms with Crippen molar-refractivity contribution < 1.29 is 14.0 Å². The van der Waals surface area contributed by atoms with Gasteiger partial charge in [0.05, 0.1) is 19.8 Å². The second-order valence-corrected chi connectivity index (χ2v) is 5.66. The smallest absolute Gasteiger partial charge is 0.259 e. The van der Waals surface area contributed by atoms with E-state index in [9.17, 15) is 4.79 Å². The molecule has 3 rings (SSSR count). The van der Waals surface area contributed by atoms with Crippen molar-refractivity contribution in [3.05, 3.63) is 58.3 Å². The quantitative estimate of drug-likeness (QED) is 0.741. The molecule has 0 saturated heterocycles. The summed E-state index contributed by atoms with van der Waals surface area (Å²) in [5, 5.41) is 3.92. The number of hydrogen-bond donors (Lipinski definition) is 1. The van der Waals surface area contributed by atoms with Crippen LogP contribution in [-0.4, -0.2) is 29.3 Å². The van der Waals surface area contributed by atoms with E-state index in [1.54, 1.807) is 32.5 Å². The fourth-order valence-electron chi connectivity index (χ4n) is 2.59. The van der Waals surface area contributed by atoms with Gasteiger partial charge in [0.1, 0.15) is 0 Å². The first-order valence-corrected chi connectivity index (χ1v) is 7.85. The van der Waals surface area contributed by atoms with Gasteiger partial charge in [0.2, 0.25) is 11.7 Å².